The minimum atomic E-state index is -0.417. The molecule has 0 saturated heterocycles. The standard InChI is InChI=1S/C25H22FN3O3/c1-14-22(23(28-32-14)16-4-3-5-18(26)10-16)24(30)20-13-29(2)21-11-17(8-9-19(20)21)25(31)27-12-15-6-7-15/h3-5,8-11,13,15H,6-7,12H2,1-2H3,(H,27,31). The van der Waals surface area contributed by atoms with Gasteiger partial charge in [-0.25, -0.2) is 4.39 Å². The van der Waals surface area contributed by atoms with Crippen molar-refractivity contribution in [3.8, 4) is 11.3 Å². The zero-order valence-corrected chi connectivity index (χ0v) is 17.8. The largest absolute Gasteiger partial charge is 0.360 e. The molecule has 0 spiro atoms. The van der Waals surface area contributed by atoms with Gasteiger partial charge in [-0.3, -0.25) is 9.59 Å². The number of hydrogen-bond donors (Lipinski definition) is 1. The number of hydrogen-bond acceptors (Lipinski definition) is 4. The van der Waals surface area contributed by atoms with E-state index >= 15 is 0 Å². The van der Waals surface area contributed by atoms with E-state index in [1.807, 2.05) is 11.6 Å². The fourth-order valence-electron chi connectivity index (χ4n) is 3.97. The summed E-state index contributed by atoms with van der Waals surface area (Å²) in [5.41, 5.74) is 2.87. The number of benzene rings is 2. The molecule has 32 heavy (non-hydrogen) atoms. The molecule has 2 aromatic heterocycles. The van der Waals surface area contributed by atoms with Crippen LogP contribution in [0.5, 0.6) is 0 Å². The van der Waals surface area contributed by atoms with Crippen LogP contribution in [-0.2, 0) is 7.05 Å². The van der Waals surface area contributed by atoms with Gasteiger partial charge in [-0.1, -0.05) is 23.4 Å². The molecule has 1 aliphatic carbocycles. The highest BCUT2D eigenvalue weighted by molar-refractivity contribution is 6.19. The first-order chi connectivity index (χ1) is 15.4. The van der Waals surface area contributed by atoms with E-state index in [4.69, 9.17) is 4.52 Å². The SMILES string of the molecule is Cc1onc(-c2cccc(F)c2)c1C(=O)c1cn(C)c2cc(C(=O)NCC3CC3)ccc12. The van der Waals surface area contributed by atoms with Gasteiger partial charge in [-0.05, 0) is 49.9 Å². The number of carbonyl (C=O) groups excluding carboxylic acids is 2. The molecule has 2 heterocycles. The van der Waals surface area contributed by atoms with E-state index in [9.17, 15) is 14.0 Å². The Morgan fingerprint density at radius 1 is 1.22 bits per heavy atom. The van der Waals surface area contributed by atoms with Gasteiger partial charge in [0.1, 0.15) is 17.3 Å². The zero-order chi connectivity index (χ0) is 22.4. The van der Waals surface area contributed by atoms with Crippen LogP contribution in [-0.4, -0.2) is 28.0 Å². The molecule has 2 aromatic carbocycles. The predicted octanol–water partition coefficient (Wildman–Crippen LogP) is 4.65. The van der Waals surface area contributed by atoms with Crippen molar-refractivity contribution < 1.29 is 18.5 Å². The first-order valence-corrected chi connectivity index (χ1v) is 10.6. The fraction of sp³-hybridized carbons (Fsp3) is 0.240. The molecular weight excluding hydrogens is 409 g/mol. The molecule has 0 bridgehead atoms. The van der Waals surface area contributed by atoms with Gasteiger partial charge in [0.25, 0.3) is 5.91 Å². The number of aryl methyl sites for hydroxylation is 2. The lowest BCUT2D eigenvalue weighted by Gasteiger charge is -2.05. The third-order valence-corrected chi connectivity index (χ3v) is 5.93. The predicted molar refractivity (Wildman–Crippen MR) is 118 cm³/mol. The van der Waals surface area contributed by atoms with E-state index in [1.165, 1.54) is 25.0 Å². The highest BCUT2D eigenvalue weighted by Gasteiger charge is 2.26. The second kappa shape index (κ2) is 7.75. The quantitative estimate of drug-likeness (QED) is 0.451. The first-order valence-electron chi connectivity index (χ1n) is 10.6. The minimum Gasteiger partial charge on any atom is -0.360 e. The Kier molecular flexibility index (Phi) is 4.89. The van der Waals surface area contributed by atoms with Gasteiger partial charge in [-0.15, -0.1) is 0 Å². The lowest BCUT2D eigenvalue weighted by molar-refractivity contribution is 0.0951. The number of halogens is 1. The summed E-state index contributed by atoms with van der Waals surface area (Å²) in [5.74, 6) is 0.165. The molecule has 1 amide bonds. The van der Waals surface area contributed by atoms with Crippen molar-refractivity contribution in [3.63, 3.8) is 0 Å². The highest BCUT2D eigenvalue weighted by Crippen LogP contribution is 2.31. The van der Waals surface area contributed by atoms with E-state index in [0.717, 1.165) is 10.9 Å². The summed E-state index contributed by atoms with van der Waals surface area (Å²) in [6.45, 7) is 2.36. The van der Waals surface area contributed by atoms with E-state index in [-0.39, 0.29) is 11.7 Å². The van der Waals surface area contributed by atoms with Gasteiger partial charge < -0.3 is 14.4 Å². The lowest BCUT2D eigenvalue weighted by atomic mass is 9.97. The van der Waals surface area contributed by atoms with Crippen molar-refractivity contribution in [2.24, 2.45) is 13.0 Å². The van der Waals surface area contributed by atoms with Gasteiger partial charge in [0.2, 0.25) is 5.78 Å². The van der Waals surface area contributed by atoms with Crippen LogP contribution in [0, 0.1) is 18.7 Å². The number of nitrogens with one attached hydrogen (secondary N) is 1. The summed E-state index contributed by atoms with van der Waals surface area (Å²) >= 11 is 0. The third-order valence-electron chi connectivity index (χ3n) is 5.93. The highest BCUT2D eigenvalue weighted by atomic mass is 19.1. The third kappa shape index (κ3) is 3.60. The van der Waals surface area contributed by atoms with Crippen LogP contribution in [0.3, 0.4) is 0 Å². The van der Waals surface area contributed by atoms with Crippen molar-refractivity contribution >= 4 is 22.6 Å². The second-order valence-corrected chi connectivity index (χ2v) is 8.34. The molecule has 4 aromatic rings. The molecule has 1 fully saturated rings. The fourth-order valence-corrected chi connectivity index (χ4v) is 3.97. The van der Waals surface area contributed by atoms with Crippen molar-refractivity contribution in [1.29, 1.82) is 0 Å². The van der Waals surface area contributed by atoms with Crippen LogP contribution in [0.25, 0.3) is 22.2 Å². The normalized spacial score (nSPS) is 13.5. The van der Waals surface area contributed by atoms with Crippen molar-refractivity contribution in [2.75, 3.05) is 6.54 Å². The molecule has 7 heteroatoms. The molecule has 162 valence electrons. The number of aromatic nitrogens is 2. The zero-order valence-electron chi connectivity index (χ0n) is 17.8. The molecule has 0 unspecified atom stereocenters. The molecular formula is C25H22FN3O3. The summed E-state index contributed by atoms with van der Waals surface area (Å²) in [6, 6.07) is 11.2. The van der Waals surface area contributed by atoms with Crippen molar-refractivity contribution in [2.45, 2.75) is 19.8 Å². The molecule has 0 atom stereocenters. The summed E-state index contributed by atoms with van der Waals surface area (Å²) in [4.78, 5) is 26.0. The first kappa shape index (κ1) is 20.2. The number of amides is 1. The molecule has 5 rings (SSSR count). The maximum Gasteiger partial charge on any atom is 0.251 e. The molecule has 0 radical (unpaired) electrons. The number of fused-ring (bicyclic) bond motifs is 1. The second-order valence-electron chi connectivity index (χ2n) is 8.34. The summed E-state index contributed by atoms with van der Waals surface area (Å²) in [6.07, 6.45) is 4.08. The Bertz CT molecular complexity index is 1360. The minimum absolute atomic E-state index is 0.115. The summed E-state index contributed by atoms with van der Waals surface area (Å²) in [7, 11) is 1.83. The van der Waals surface area contributed by atoms with Gasteiger partial charge in [0, 0.05) is 47.4 Å². The Morgan fingerprint density at radius 2 is 2.03 bits per heavy atom. The van der Waals surface area contributed by atoms with Crippen LogP contribution in [0.15, 0.2) is 53.2 Å². The van der Waals surface area contributed by atoms with Crippen LogP contribution in [0.4, 0.5) is 4.39 Å². The van der Waals surface area contributed by atoms with Crippen LogP contribution in [0.1, 0.15) is 44.9 Å². The number of carbonyl (C=O) groups is 2. The average Bonchev–Trinajstić information content (AvgIpc) is 3.45. The van der Waals surface area contributed by atoms with Crippen LogP contribution < -0.4 is 5.32 Å². The smallest absolute Gasteiger partial charge is 0.251 e. The molecule has 1 aliphatic rings. The topological polar surface area (TPSA) is 77.1 Å². The average molecular weight is 431 g/mol. The molecule has 1 saturated carbocycles. The van der Waals surface area contributed by atoms with Gasteiger partial charge >= 0.3 is 0 Å². The number of ketones is 1. The van der Waals surface area contributed by atoms with E-state index in [0.29, 0.717) is 46.2 Å². The van der Waals surface area contributed by atoms with E-state index < -0.39 is 5.82 Å². The van der Waals surface area contributed by atoms with Crippen LogP contribution in [0.2, 0.25) is 0 Å². The summed E-state index contributed by atoms with van der Waals surface area (Å²) in [5, 5.41) is 7.71. The van der Waals surface area contributed by atoms with Crippen molar-refractivity contribution in [3.05, 3.63) is 76.9 Å². The Labute approximate surface area is 184 Å². The van der Waals surface area contributed by atoms with E-state index in [2.05, 4.69) is 10.5 Å². The molecule has 6 nitrogen and oxygen atoms in total. The Balaban J connectivity index is 1.52. The van der Waals surface area contributed by atoms with Gasteiger partial charge in [-0.2, -0.15) is 0 Å². The maximum absolute atomic E-state index is 13.8. The Hall–Kier alpha value is -3.74. The van der Waals surface area contributed by atoms with Gasteiger partial charge in [0.05, 0.1) is 5.56 Å². The monoisotopic (exact) mass is 431 g/mol. The lowest BCUT2D eigenvalue weighted by Crippen LogP contribution is -2.25. The van der Waals surface area contributed by atoms with Crippen molar-refractivity contribution in [1.82, 2.24) is 15.0 Å². The summed E-state index contributed by atoms with van der Waals surface area (Å²) < 4.78 is 20.9. The van der Waals surface area contributed by atoms with E-state index in [1.54, 1.807) is 43.5 Å². The molecule has 0 aliphatic heterocycles. The van der Waals surface area contributed by atoms with Gasteiger partial charge in [0.15, 0.2) is 0 Å². The maximum atomic E-state index is 13.8. The number of nitrogens with zero attached hydrogens (tertiary/aromatic N) is 2. The number of rotatable bonds is 6. The molecule has 1 N–H and O–H groups in total. The Morgan fingerprint density at radius 3 is 2.78 bits per heavy atom. The van der Waals surface area contributed by atoms with Crippen LogP contribution >= 0.6 is 0 Å².